The van der Waals surface area contributed by atoms with Gasteiger partial charge in [-0.1, -0.05) is 12.8 Å². The van der Waals surface area contributed by atoms with Crippen LogP contribution in [-0.2, 0) is 10.8 Å². The molecule has 3 nitrogen and oxygen atoms in total. The first-order chi connectivity index (χ1) is 7.74. The molecule has 0 saturated heterocycles. The maximum atomic E-state index is 11.8. The second-order valence-corrected chi connectivity index (χ2v) is 6.81. The summed E-state index contributed by atoms with van der Waals surface area (Å²) in [6, 6.07) is 0.623. The molecule has 2 N–H and O–H groups in total. The molecule has 0 aromatic heterocycles. The molecule has 0 aliphatic heterocycles. The van der Waals surface area contributed by atoms with Crippen LogP contribution in [0.25, 0.3) is 0 Å². The van der Waals surface area contributed by atoms with Gasteiger partial charge in [-0.2, -0.15) is 0 Å². The lowest BCUT2D eigenvalue weighted by Gasteiger charge is -2.13. The molecule has 0 aromatic carbocycles. The number of aliphatic hydroxyl groups excluding tert-OH is 1. The van der Waals surface area contributed by atoms with E-state index in [1.807, 2.05) is 0 Å². The Hall–Kier alpha value is 0.0700. The van der Waals surface area contributed by atoms with Crippen molar-refractivity contribution in [1.29, 1.82) is 0 Å². The normalized spacial score (nSPS) is 25.8. The van der Waals surface area contributed by atoms with Gasteiger partial charge in [0, 0.05) is 29.1 Å². The predicted octanol–water partition coefficient (Wildman–Crippen LogP) is 1.04. The van der Waals surface area contributed by atoms with Crippen LogP contribution in [0.5, 0.6) is 0 Å². The van der Waals surface area contributed by atoms with E-state index in [-0.39, 0.29) is 0 Å². The van der Waals surface area contributed by atoms with E-state index in [0.717, 1.165) is 5.75 Å². The summed E-state index contributed by atoms with van der Waals surface area (Å²) in [4.78, 5) is 0. The zero-order chi connectivity index (χ0) is 11.4. The summed E-state index contributed by atoms with van der Waals surface area (Å²) in [5.74, 6) is 1.92. The van der Waals surface area contributed by atoms with Crippen LogP contribution in [0.15, 0.2) is 0 Å². The number of rotatable bonds is 7. The standard InChI is InChI=1S/C12H23NO2S/c14-12(7-13-11-5-6-11)9-16(15)8-10-3-1-2-4-10/h10-14H,1-9H2. The Kier molecular flexibility index (Phi) is 4.79. The van der Waals surface area contributed by atoms with E-state index in [4.69, 9.17) is 0 Å². The van der Waals surface area contributed by atoms with E-state index in [9.17, 15) is 9.32 Å². The third kappa shape index (κ3) is 4.52. The van der Waals surface area contributed by atoms with Crippen molar-refractivity contribution < 1.29 is 9.32 Å². The Bertz CT molecular complexity index is 237. The van der Waals surface area contributed by atoms with Gasteiger partial charge in [0.05, 0.1) is 11.9 Å². The Morgan fingerprint density at radius 2 is 1.94 bits per heavy atom. The highest BCUT2D eigenvalue weighted by atomic mass is 32.2. The molecule has 0 aromatic rings. The van der Waals surface area contributed by atoms with E-state index in [1.165, 1.54) is 38.5 Å². The topological polar surface area (TPSA) is 49.3 Å². The summed E-state index contributed by atoms with van der Waals surface area (Å²) in [6.07, 6.45) is 7.12. The van der Waals surface area contributed by atoms with Crippen molar-refractivity contribution in [2.45, 2.75) is 50.7 Å². The van der Waals surface area contributed by atoms with Gasteiger partial charge < -0.3 is 10.4 Å². The summed E-state index contributed by atoms with van der Waals surface area (Å²) in [5, 5.41) is 13.0. The van der Waals surface area contributed by atoms with Crippen molar-refractivity contribution in [3.63, 3.8) is 0 Å². The van der Waals surface area contributed by atoms with Crippen LogP contribution >= 0.6 is 0 Å². The van der Waals surface area contributed by atoms with E-state index in [1.54, 1.807) is 0 Å². The van der Waals surface area contributed by atoms with Gasteiger partial charge in [-0.05, 0) is 31.6 Å². The first-order valence-electron chi connectivity index (χ1n) is 6.50. The van der Waals surface area contributed by atoms with Gasteiger partial charge in [-0.3, -0.25) is 4.21 Å². The zero-order valence-electron chi connectivity index (χ0n) is 9.86. The molecular formula is C12H23NO2S. The molecule has 2 atom stereocenters. The minimum Gasteiger partial charge on any atom is -0.391 e. The second-order valence-electron chi connectivity index (χ2n) is 5.26. The van der Waals surface area contributed by atoms with Gasteiger partial charge in [0.15, 0.2) is 0 Å². The minimum absolute atomic E-state index is 0.428. The van der Waals surface area contributed by atoms with Crippen molar-refractivity contribution >= 4 is 10.8 Å². The van der Waals surface area contributed by atoms with Gasteiger partial charge in [0.25, 0.3) is 0 Å². The molecule has 16 heavy (non-hydrogen) atoms. The van der Waals surface area contributed by atoms with Crippen LogP contribution in [0, 0.1) is 5.92 Å². The fourth-order valence-corrected chi connectivity index (χ4v) is 3.91. The lowest BCUT2D eigenvalue weighted by molar-refractivity contribution is 0.194. The summed E-state index contributed by atoms with van der Waals surface area (Å²) in [7, 11) is -0.824. The van der Waals surface area contributed by atoms with Crippen molar-refractivity contribution in [2.75, 3.05) is 18.1 Å². The molecule has 94 valence electrons. The molecule has 2 saturated carbocycles. The third-order valence-corrected chi connectivity index (χ3v) is 5.09. The maximum absolute atomic E-state index is 11.8. The van der Waals surface area contributed by atoms with Crippen LogP contribution in [0.4, 0.5) is 0 Å². The second kappa shape index (κ2) is 6.12. The fraction of sp³-hybridized carbons (Fsp3) is 1.00. The smallest absolute Gasteiger partial charge is 0.0779 e. The Morgan fingerprint density at radius 1 is 1.25 bits per heavy atom. The molecule has 0 amide bonds. The fourth-order valence-electron chi connectivity index (χ4n) is 2.37. The lowest BCUT2D eigenvalue weighted by atomic mass is 10.1. The van der Waals surface area contributed by atoms with Gasteiger partial charge >= 0.3 is 0 Å². The van der Waals surface area contributed by atoms with Gasteiger partial charge in [0.1, 0.15) is 0 Å². The minimum atomic E-state index is -0.824. The quantitative estimate of drug-likeness (QED) is 0.704. The van der Waals surface area contributed by atoms with Crippen LogP contribution in [0.1, 0.15) is 38.5 Å². The molecule has 0 bridgehead atoms. The highest BCUT2D eigenvalue weighted by Gasteiger charge is 2.23. The molecule has 2 unspecified atom stereocenters. The molecule has 2 fully saturated rings. The summed E-state index contributed by atoms with van der Waals surface area (Å²) in [5.41, 5.74) is 0. The molecule has 2 rings (SSSR count). The van der Waals surface area contributed by atoms with Gasteiger partial charge in [0.2, 0.25) is 0 Å². The molecule has 2 aliphatic carbocycles. The number of hydrogen-bond acceptors (Lipinski definition) is 3. The zero-order valence-corrected chi connectivity index (χ0v) is 10.7. The molecule has 4 heteroatoms. The molecular weight excluding hydrogens is 222 g/mol. The van der Waals surface area contributed by atoms with Crippen LogP contribution < -0.4 is 5.32 Å². The third-order valence-electron chi connectivity index (χ3n) is 3.49. The average molecular weight is 245 g/mol. The van der Waals surface area contributed by atoms with Gasteiger partial charge in [-0.15, -0.1) is 0 Å². The van der Waals surface area contributed by atoms with Crippen molar-refractivity contribution in [2.24, 2.45) is 5.92 Å². The summed E-state index contributed by atoms with van der Waals surface area (Å²) in [6.45, 7) is 0.612. The average Bonchev–Trinajstić information content (AvgIpc) is 2.94. The Labute approximate surface area is 100 Å². The molecule has 0 spiro atoms. The van der Waals surface area contributed by atoms with Crippen molar-refractivity contribution in [1.82, 2.24) is 5.32 Å². The number of hydrogen-bond donors (Lipinski definition) is 2. The van der Waals surface area contributed by atoms with Gasteiger partial charge in [-0.25, -0.2) is 0 Å². The Balaban J connectivity index is 1.57. The number of aliphatic hydroxyl groups is 1. The van der Waals surface area contributed by atoms with E-state index >= 15 is 0 Å². The lowest BCUT2D eigenvalue weighted by Crippen LogP contribution is -2.33. The van der Waals surface area contributed by atoms with Crippen LogP contribution in [-0.4, -0.2) is 39.5 Å². The van der Waals surface area contributed by atoms with Crippen LogP contribution in [0.3, 0.4) is 0 Å². The summed E-state index contributed by atoms with van der Waals surface area (Å²) < 4.78 is 11.8. The first-order valence-corrected chi connectivity index (χ1v) is 7.99. The van der Waals surface area contributed by atoms with E-state index < -0.39 is 16.9 Å². The van der Waals surface area contributed by atoms with E-state index in [2.05, 4.69) is 5.32 Å². The van der Waals surface area contributed by atoms with Crippen LogP contribution in [0.2, 0.25) is 0 Å². The SMILES string of the molecule is O=S(CC(O)CNC1CC1)CC1CCCC1. The maximum Gasteiger partial charge on any atom is 0.0779 e. The first kappa shape index (κ1) is 12.5. The molecule has 0 radical (unpaired) electrons. The van der Waals surface area contributed by atoms with Crippen molar-refractivity contribution in [3.05, 3.63) is 0 Å². The Morgan fingerprint density at radius 3 is 2.56 bits per heavy atom. The monoisotopic (exact) mass is 245 g/mol. The summed E-state index contributed by atoms with van der Waals surface area (Å²) >= 11 is 0. The molecule has 0 heterocycles. The molecule has 2 aliphatic rings. The number of nitrogens with one attached hydrogen (secondary N) is 1. The van der Waals surface area contributed by atoms with Crippen molar-refractivity contribution in [3.8, 4) is 0 Å². The highest BCUT2D eigenvalue weighted by Crippen LogP contribution is 2.25. The largest absolute Gasteiger partial charge is 0.391 e. The predicted molar refractivity (Wildman–Crippen MR) is 66.9 cm³/mol. The highest BCUT2D eigenvalue weighted by molar-refractivity contribution is 7.85. The van der Waals surface area contributed by atoms with E-state index in [0.29, 0.717) is 24.3 Å².